The van der Waals surface area contributed by atoms with Crippen LogP contribution in [-0.2, 0) is 10.8 Å². The van der Waals surface area contributed by atoms with Gasteiger partial charge in [0.05, 0.1) is 5.69 Å². The van der Waals surface area contributed by atoms with Gasteiger partial charge in [0.1, 0.15) is 11.2 Å². The number of furan rings is 1. The van der Waals surface area contributed by atoms with Crippen molar-refractivity contribution in [3.8, 4) is 44.5 Å². The van der Waals surface area contributed by atoms with Gasteiger partial charge in [0.25, 0.3) is 0 Å². The maximum Gasteiger partial charge on any atom is 0.143 e. The molecule has 0 N–H and O–H groups in total. The lowest BCUT2D eigenvalue weighted by atomic mass is 9.74. The molecule has 1 aromatic heterocycles. The Kier molecular flexibility index (Phi) is 8.51. The maximum absolute atomic E-state index is 6.85. The Morgan fingerprint density at radius 1 is 0.348 bits per heavy atom. The van der Waals surface area contributed by atoms with Crippen LogP contribution in [0.2, 0.25) is 0 Å². The molecule has 2 aliphatic rings. The average molecular weight is 844 g/mol. The number of fused-ring (bicyclic) bond motifs is 9. The van der Waals surface area contributed by atoms with Crippen LogP contribution >= 0.6 is 0 Å². The molecule has 0 bridgehead atoms. The van der Waals surface area contributed by atoms with Gasteiger partial charge in [-0.15, -0.1) is 0 Å². The topological polar surface area (TPSA) is 16.4 Å². The Morgan fingerprint density at radius 3 is 1.39 bits per heavy atom. The number of anilines is 3. The molecule has 312 valence electrons. The van der Waals surface area contributed by atoms with Crippen LogP contribution in [-0.4, -0.2) is 0 Å². The summed E-state index contributed by atoms with van der Waals surface area (Å²) in [6.07, 6.45) is 0. The summed E-state index contributed by atoms with van der Waals surface area (Å²) in [5.74, 6) is 0. The van der Waals surface area contributed by atoms with E-state index in [-0.39, 0.29) is 10.8 Å². The van der Waals surface area contributed by atoms with Crippen LogP contribution in [0, 0.1) is 0 Å². The van der Waals surface area contributed by atoms with Gasteiger partial charge in [0, 0.05) is 44.1 Å². The lowest BCUT2D eigenvalue weighted by Crippen LogP contribution is -2.23. The maximum atomic E-state index is 6.85. The van der Waals surface area contributed by atoms with Crippen molar-refractivity contribution >= 4 is 39.0 Å². The first-order valence-corrected chi connectivity index (χ1v) is 23.0. The highest BCUT2D eigenvalue weighted by Gasteiger charge is 2.43. The molecular weight excluding hydrogens is 799 g/mol. The number of hydrogen-bond donors (Lipinski definition) is 0. The molecule has 2 aliphatic carbocycles. The van der Waals surface area contributed by atoms with Crippen molar-refractivity contribution in [3.05, 3.63) is 270 Å². The van der Waals surface area contributed by atoms with Gasteiger partial charge < -0.3 is 9.32 Å². The van der Waals surface area contributed by atoms with Gasteiger partial charge >= 0.3 is 0 Å². The predicted octanol–water partition coefficient (Wildman–Crippen LogP) is 17.1. The van der Waals surface area contributed by atoms with E-state index in [1.54, 1.807) is 0 Å². The second-order valence-corrected chi connectivity index (χ2v) is 18.2. The van der Waals surface area contributed by atoms with Gasteiger partial charge in [-0.05, 0) is 117 Å². The van der Waals surface area contributed by atoms with Crippen LogP contribution in [0.4, 0.5) is 17.1 Å². The Bertz CT molecular complexity index is 3540. The Morgan fingerprint density at radius 2 is 0.803 bits per heavy atom. The van der Waals surface area contributed by atoms with Gasteiger partial charge in [-0.1, -0.05) is 200 Å². The molecule has 0 aliphatic heterocycles. The second kappa shape index (κ2) is 14.7. The first kappa shape index (κ1) is 38.3. The molecule has 0 amide bonds. The third kappa shape index (κ3) is 5.48. The zero-order valence-electron chi connectivity index (χ0n) is 36.9. The Labute approximate surface area is 385 Å². The van der Waals surface area contributed by atoms with Gasteiger partial charge in [0.2, 0.25) is 0 Å². The summed E-state index contributed by atoms with van der Waals surface area (Å²) < 4.78 is 6.85. The van der Waals surface area contributed by atoms with E-state index in [1.807, 2.05) is 0 Å². The molecule has 10 aromatic carbocycles. The standard InChI is InChI=1S/C64H45NO/c1-63(43-22-8-4-9-23-43)55-32-15-12-26-48(55)50-38-36-45(40-57(50)63)65(46-37-39-51-49-27-13-16-33-56(49)64(2,58(51)41-46)44-24-10-5-11-25-44)59-34-17-14-28-52(59)53-30-19-35-60-61(53)54-31-18-29-47(62(54)66-60)42-20-6-3-7-21-42/h3-41H,1-2H3. The van der Waals surface area contributed by atoms with Gasteiger partial charge in [-0.2, -0.15) is 0 Å². The quantitative estimate of drug-likeness (QED) is 0.159. The summed E-state index contributed by atoms with van der Waals surface area (Å²) >= 11 is 0. The summed E-state index contributed by atoms with van der Waals surface area (Å²) in [5, 5.41) is 2.21. The molecule has 2 nitrogen and oxygen atoms in total. The fraction of sp³-hybridized carbons (Fsp3) is 0.0625. The zero-order valence-corrected chi connectivity index (χ0v) is 36.9. The van der Waals surface area contributed by atoms with E-state index < -0.39 is 0 Å². The van der Waals surface area contributed by atoms with Crippen LogP contribution in [0.25, 0.3) is 66.4 Å². The number of nitrogens with zero attached hydrogens (tertiary/aromatic N) is 1. The summed E-state index contributed by atoms with van der Waals surface area (Å²) in [6, 6.07) is 86.8. The van der Waals surface area contributed by atoms with Crippen molar-refractivity contribution in [2.24, 2.45) is 0 Å². The minimum absolute atomic E-state index is 0.363. The molecule has 1 heterocycles. The van der Waals surface area contributed by atoms with E-state index in [4.69, 9.17) is 4.42 Å². The molecule has 2 unspecified atom stereocenters. The van der Waals surface area contributed by atoms with Crippen molar-refractivity contribution < 1.29 is 4.42 Å². The van der Waals surface area contributed by atoms with Crippen LogP contribution in [0.5, 0.6) is 0 Å². The fourth-order valence-corrected chi connectivity index (χ4v) is 11.6. The van der Waals surface area contributed by atoms with Crippen LogP contribution in [0.1, 0.15) is 47.2 Å². The minimum atomic E-state index is -0.363. The van der Waals surface area contributed by atoms with Crippen LogP contribution in [0.3, 0.4) is 0 Å². The molecule has 0 saturated heterocycles. The molecule has 0 spiro atoms. The average Bonchev–Trinajstić information content (AvgIpc) is 3.99. The van der Waals surface area contributed by atoms with E-state index in [0.29, 0.717) is 0 Å². The second-order valence-electron chi connectivity index (χ2n) is 18.2. The van der Waals surface area contributed by atoms with Crippen LogP contribution in [0.15, 0.2) is 241 Å². The summed E-state index contributed by atoms with van der Waals surface area (Å²) in [6.45, 7) is 4.81. The molecule has 13 rings (SSSR count). The molecule has 11 aromatic rings. The largest absolute Gasteiger partial charge is 0.455 e. The SMILES string of the molecule is CC1(c2ccccc2)c2ccccc2-c2ccc(N(c3ccc4c(c3)C(C)(c3ccccc3)c3ccccc3-4)c3ccccc3-c3cccc4oc5c(-c6ccccc6)cccc5c34)cc21. The number of para-hydroxylation sites is 2. The fourth-order valence-electron chi connectivity index (χ4n) is 11.6. The van der Waals surface area contributed by atoms with E-state index >= 15 is 0 Å². The highest BCUT2D eigenvalue weighted by molar-refractivity contribution is 6.16. The molecule has 2 heteroatoms. The smallest absolute Gasteiger partial charge is 0.143 e. The molecule has 0 fully saturated rings. The van der Waals surface area contributed by atoms with Crippen molar-refractivity contribution in [2.45, 2.75) is 24.7 Å². The van der Waals surface area contributed by atoms with E-state index in [0.717, 1.165) is 61.3 Å². The molecule has 0 saturated carbocycles. The van der Waals surface area contributed by atoms with E-state index in [2.05, 4.69) is 255 Å². The lowest BCUT2D eigenvalue weighted by molar-refractivity contribution is 0.670. The third-order valence-electron chi connectivity index (χ3n) is 14.9. The van der Waals surface area contributed by atoms with Gasteiger partial charge in [0.15, 0.2) is 0 Å². The minimum Gasteiger partial charge on any atom is -0.455 e. The Balaban J connectivity index is 1.07. The molecule has 2 atom stereocenters. The summed E-state index contributed by atoms with van der Waals surface area (Å²) in [5.41, 5.74) is 21.8. The normalized spacial score (nSPS) is 16.8. The highest BCUT2D eigenvalue weighted by atomic mass is 16.3. The van der Waals surface area contributed by atoms with Crippen molar-refractivity contribution in [1.82, 2.24) is 0 Å². The first-order valence-electron chi connectivity index (χ1n) is 23.0. The monoisotopic (exact) mass is 843 g/mol. The molecule has 66 heavy (non-hydrogen) atoms. The Hall–Kier alpha value is -8.20. The van der Waals surface area contributed by atoms with Crippen LogP contribution < -0.4 is 4.90 Å². The van der Waals surface area contributed by atoms with E-state index in [1.165, 1.54) is 55.6 Å². The lowest BCUT2D eigenvalue weighted by Gasteiger charge is -2.33. The van der Waals surface area contributed by atoms with Gasteiger partial charge in [-0.3, -0.25) is 0 Å². The number of benzene rings is 10. The van der Waals surface area contributed by atoms with Crippen molar-refractivity contribution in [3.63, 3.8) is 0 Å². The zero-order chi connectivity index (χ0) is 44.0. The van der Waals surface area contributed by atoms with E-state index in [9.17, 15) is 0 Å². The number of rotatable bonds is 7. The van der Waals surface area contributed by atoms with Crippen molar-refractivity contribution in [1.29, 1.82) is 0 Å². The predicted molar refractivity (Wildman–Crippen MR) is 274 cm³/mol. The highest BCUT2D eigenvalue weighted by Crippen LogP contribution is 2.57. The number of hydrogen-bond acceptors (Lipinski definition) is 2. The summed E-state index contributed by atoms with van der Waals surface area (Å²) in [7, 11) is 0. The summed E-state index contributed by atoms with van der Waals surface area (Å²) in [4.78, 5) is 2.51. The first-order chi connectivity index (χ1) is 32.5. The van der Waals surface area contributed by atoms with Crippen molar-refractivity contribution in [2.75, 3.05) is 4.90 Å². The molecule has 0 radical (unpaired) electrons. The van der Waals surface area contributed by atoms with Gasteiger partial charge in [-0.25, -0.2) is 0 Å². The molecular formula is C64H45NO. The third-order valence-corrected chi connectivity index (χ3v) is 14.9.